The number of nitriles is 1. The average Bonchev–Trinajstić information content (AvgIpc) is 2.31. The molecule has 1 aliphatic rings. The third-order valence-corrected chi connectivity index (χ3v) is 2.27. The third-order valence-electron chi connectivity index (χ3n) is 2.27. The van der Waals surface area contributed by atoms with E-state index in [1.54, 1.807) is 20.2 Å². The summed E-state index contributed by atoms with van der Waals surface area (Å²) in [6.07, 6.45) is 1.69. The van der Waals surface area contributed by atoms with Crippen LogP contribution in [0, 0.1) is 11.3 Å². The molecule has 0 spiro atoms. The quantitative estimate of drug-likeness (QED) is 0.508. The van der Waals surface area contributed by atoms with Gasteiger partial charge in [0.05, 0.1) is 12.3 Å². The van der Waals surface area contributed by atoms with Crippen LogP contribution in [0.25, 0.3) is 0 Å². The zero-order chi connectivity index (χ0) is 11.1. The lowest BCUT2D eigenvalue weighted by Gasteiger charge is -2.28. The molecule has 1 N–H and O–H groups in total. The van der Waals surface area contributed by atoms with E-state index in [1.165, 1.54) is 0 Å². The zero-order valence-electron chi connectivity index (χ0n) is 9.27. The summed E-state index contributed by atoms with van der Waals surface area (Å²) < 4.78 is 0. The average molecular weight is 207 g/mol. The number of rotatable bonds is 2. The fourth-order valence-electron chi connectivity index (χ4n) is 1.39. The smallest absolute Gasteiger partial charge is 0.141 e. The lowest BCUT2D eigenvalue weighted by Crippen LogP contribution is -2.47. The maximum atomic E-state index is 8.60. The molecular formula is C10H17N5. The first-order chi connectivity index (χ1) is 7.27. The summed E-state index contributed by atoms with van der Waals surface area (Å²) in [4.78, 5) is 10.5. The van der Waals surface area contributed by atoms with Gasteiger partial charge in [0.25, 0.3) is 0 Å². The summed E-state index contributed by atoms with van der Waals surface area (Å²) in [6.45, 7) is 5.60. The van der Waals surface area contributed by atoms with Crippen LogP contribution < -0.4 is 5.32 Å². The minimum Gasteiger partial charge on any atom is -0.353 e. The molecule has 0 bridgehead atoms. The third kappa shape index (κ3) is 3.68. The Hall–Kier alpha value is -1.41. The maximum Gasteiger partial charge on any atom is 0.141 e. The van der Waals surface area contributed by atoms with E-state index in [2.05, 4.69) is 26.3 Å². The van der Waals surface area contributed by atoms with Crippen molar-refractivity contribution in [3.8, 4) is 6.07 Å². The molecule has 82 valence electrons. The highest BCUT2D eigenvalue weighted by Crippen LogP contribution is 1.95. The van der Waals surface area contributed by atoms with Gasteiger partial charge >= 0.3 is 0 Å². The Morgan fingerprint density at radius 1 is 1.53 bits per heavy atom. The number of hydrogen-bond acceptors (Lipinski definition) is 4. The van der Waals surface area contributed by atoms with Crippen LogP contribution in [-0.2, 0) is 0 Å². The van der Waals surface area contributed by atoms with Crippen LogP contribution in [0.2, 0.25) is 0 Å². The Morgan fingerprint density at radius 2 is 2.20 bits per heavy atom. The van der Waals surface area contributed by atoms with Crippen molar-refractivity contribution in [1.82, 2.24) is 10.2 Å². The standard InChI is InChI=1S/C10H17N5/c1-9(7-11)14-8-10(12-2)15-5-3-13-4-6-15/h8-9,13H,3-6H2,1-2H3/b12-10+,14-8-. The molecule has 1 heterocycles. The van der Waals surface area contributed by atoms with Gasteiger partial charge in [0.2, 0.25) is 0 Å². The van der Waals surface area contributed by atoms with E-state index in [9.17, 15) is 0 Å². The molecule has 15 heavy (non-hydrogen) atoms. The predicted molar refractivity (Wildman–Crippen MR) is 61.4 cm³/mol. The predicted octanol–water partition coefficient (Wildman–Crippen LogP) is -0.0972. The Morgan fingerprint density at radius 3 is 2.73 bits per heavy atom. The van der Waals surface area contributed by atoms with Crippen molar-refractivity contribution in [2.24, 2.45) is 9.98 Å². The highest BCUT2D eigenvalue weighted by atomic mass is 15.2. The highest BCUT2D eigenvalue weighted by molar-refractivity contribution is 6.29. The van der Waals surface area contributed by atoms with Gasteiger partial charge in [0.1, 0.15) is 11.9 Å². The van der Waals surface area contributed by atoms with E-state index in [0.717, 1.165) is 32.0 Å². The van der Waals surface area contributed by atoms with Crippen LogP contribution in [0.5, 0.6) is 0 Å². The lowest BCUT2D eigenvalue weighted by molar-refractivity contribution is 0.361. The molecule has 0 radical (unpaired) electrons. The largest absolute Gasteiger partial charge is 0.353 e. The number of aliphatic imine (C=N–C) groups is 2. The molecule has 0 aromatic carbocycles. The van der Waals surface area contributed by atoms with E-state index >= 15 is 0 Å². The monoisotopic (exact) mass is 207 g/mol. The molecule has 1 rings (SSSR count). The molecule has 0 aliphatic carbocycles. The Labute approximate surface area is 90.5 Å². The van der Waals surface area contributed by atoms with Crippen molar-refractivity contribution in [2.45, 2.75) is 13.0 Å². The molecule has 0 amide bonds. The van der Waals surface area contributed by atoms with Crippen LogP contribution in [0.15, 0.2) is 9.98 Å². The number of amidine groups is 1. The fraction of sp³-hybridized carbons (Fsp3) is 0.700. The summed E-state index contributed by atoms with van der Waals surface area (Å²) in [5.41, 5.74) is 0. The van der Waals surface area contributed by atoms with Crippen molar-refractivity contribution in [3.63, 3.8) is 0 Å². The molecule has 5 nitrogen and oxygen atoms in total. The van der Waals surface area contributed by atoms with Crippen molar-refractivity contribution >= 4 is 12.1 Å². The van der Waals surface area contributed by atoms with Crippen molar-refractivity contribution in [2.75, 3.05) is 33.2 Å². The van der Waals surface area contributed by atoms with Gasteiger partial charge in [-0.2, -0.15) is 5.26 Å². The van der Waals surface area contributed by atoms with E-state index in [1.807, 2.05) is 0 Å². The summed E-state index contributed by atoms with van der Waals surface area (Å²) in [5, 5.41) is 11.9. The van der Waals surface area contributed by atoms with E-state index in [0.29, 0.717) is 0 Å². The molecule has 5 heteroatoms. The molecule has 1 saturated heterocycles. The Kier molecular flexibility index (Phi) is 4.78. The first-order valence-corrected chi connectivity index (χ1v) is 5.13. The lowest BCUT2D eigenvalue weighted by atomic mass is 10.3. The summed E-state index contributed by atoms with van der Waals surface area (Å²) in [6, 6.07) is 1.76. The Bertz CT molecular complexity index is 283. The topological polar surface area (TPSA) is 63.8 Å². The minimum absolute atomic E-state index is 0.301. The second-order valence-electron chi connectivity index (χ2n) is 3.40. The van der Waals surface area contributed by atoms with Crippen molar-refractivity contribution in [1.29, 1.82) is 5.26 Å². The molecule has 1 fully saturated rings. The van der Waals surface area contributed by atoms with Gasteiger partial charge in [0.15, 0.2) is 0 Å². The molecular weight excluding hydrogens is 190 g/mol. The van der Waals surface area contributed by atoms with Crippen LogP contribution in [0.4, 0.5) is 0 Å². The maximum absolute atomic E-state index is 8.60. The van der Waals surface area contributed by atoms with Crippen LogP contribution >= 0.6 is 0 Å². The summed E-state index contributed by atoms with van der Waals surface area (Å²) >= 11 is 0. The molecule has 0 aromatic heterocycles. The van der Waals surface area contributed by atoms with Crippen molar-refractivity contribution in [3.05, 3.63) is 0 Å². The van der Waals surface area contributed by atoms with E-state index in [4.69, 9.17) is 5.26 Å². The molecule has 0 aromatic rings. The van der Waals surface area contributed by atoms with Gasteiger partial charge in [-0.05, 0) is 6.92 Å². The molecule has 1 atom stereocenters. The second kappa shape index (κ2) is 6.14. The molecule has 1 unspecified atom stereocenters. The zero-order valence-corrected chi connectivity index (χ0v) is 9.27. The normalized spacial score (nSPS) is 20.3. The van der Waals surface area contributed by atoms with Gasteiger partial charge in [-0.15, -0.1) is 0 Å². The first-order valence-electron chi connectivity index (χ1n) is 5.13. The SMILES string of the molecule is C/N=C(\C=N/C(C)C#N)N1CCNCC1. The van der Waals surface area contributed by atoms with Gasteiger partial charge in [-0.1, -0.05) is 0 Å². The number of piperazine rings is 1. The second-order valence-corrected chi connectivity index (χ2v) is 3.40. The van der Waals surface area contributed by atoms with Gasteiger partial charge in [-0.3, -0.25) is 9.98 Å². The van der Waals surface area contributed by atoms with Crippen molar-refractivity contribution < 1.29 is 0 Å². The van der Waals surface area contributed by atoms with E-state index < -0.39 is 0 Å². The number of nitrogens with zero attached hydrogens (tertiary/aromatic N) is 4. The van der Waals surface area contributed by atoms with E-state index in [-0.39, 0.29) is 6.04 Å². The van der Waals surface area contributed by atoms with Gasteiger partial charge in [-0.25, -0.2) is 0 Å². The number of nitrogens with one attached hydrogen (secondary N) is 1. The summed E-state index contributed by atoms with van der Waals surface area (Å²) in [7, 11) is 1.75. The highest BCUT2D eigenvalue weighted by Gasteiger charge is 2.11. The molecule has 0 saturated carbocycles. The molecule has 1 aliphatic heterocycles. The first kappa shape index (κ1) is 11.7. The Balaban J connectivity index is 2.56. The van der Waals surface area contributed by atoms with Crippen LogP contribution in [-0.4, -0.2) is 56.2 Å². The number of hydrogen-bond donors (Lipinski definition) is 1. The summed E-state index contributed by atoms with van der Waals surface area (Å²) in [5.74, 6) is 0.860. The van der Waals surface area contributed by atoms with Crippen LogP contribution in [0.3, 0.4) is 0 Å². The minimum atomic E-state index is -0.301. The van der Waals surface area contributed by atoms with Gasteiger partial charge in [0, 0.05) is 33.2 Å². The van der Waals surface area contributed by atoms with Crippen LogP contribution in [0.1, 0.15) is 6.92 Å². The van der Waals surface area contributed by atoms with Gasteiger partial charge < -0.3 is 10.2 Å². The fourth-order valence-corrected chi connectivity index (χ4v) is 1.39.